The Balaban J connectivity index is 2.71. The summed E-state index contributed by atoms with van der Waals surface area (Å²) in [7, 11) is 0. The van der Waals surface area contributed by atoms with Crippen LogP contribution in [0, 0.1) is 0 Å². The highest BCUT2D eigenvalue weighted by Crippen LogP contribution is 2.16. The normalized spacial score (nSPS) is 11.6. The highest BCUT2D eigenvalue weighted by molar-refractivity contribution is 6.31. The number of aryl methyl sites for hydroxylation is 1. The van der Waals surface area contributed by atoms with Crippen LogP contribution in [0.15, 0.2) is 12.3 Å². The van der Waals surface area contributed by atoms with E-state index in [2.05, 4.69) is 5.32 Å². The van der Waals surface area contributed by atoms with Crippen molar-refractivity contribution in [1.82, 2.24) is 9.88 Å². The second-order valence-electron chi connectivity index (χ2n) is 4.44. The van der Waals surface area contributed by atoms with Gasteiger partial charge in [0.1, 0.15) is 5.69 Å². The Labute approximate surface area is 113 Å². The van der Waals surface area contributed by atoms with Gasteiger partial charge in [0.2, 0.25) is 0 Å². The zero-order valence-corrected chi connectivity index (χ0v) is 11.9. The van der Waals surface area contributed by atoms with E-state index in [0.29, 0.717) is 30.1 Å². The summed E-state index contributed by atoms with van der Waals surface area (Å²) in [5, 5.41) is 13.4. The molecule has 1 rings (SSSR count). The molecule has 0 aliphatic heterocycles. The van der Waals surface area contributed by atoms with Crippen molar-refractivity contribution in [2.75, 3.05) is 6.54 Å². The van der Waals surface area contributed by atoms with Gasteiger partial charge in [-0.05, 0) is 25.8 Å². The van der Waals surface area contributed by atoms with Crippen LogP contribution in [0.25, 0.3) is 0 Å². The zero-order chi connectivity index (χ0) is 13.8. The Morgan fingerprint density at radius 1 is 1.44 bits per heavy atom. The molecule has 2 N–H and O–H groups in total. The molecule has 1 amide bonds. The maximum atomic E-state index is 12.0. The van der Waals surface area contributed by atoms with Crippen molar-refractivity contribution in [2.24, 2.45) is 0 Å². The van der Waals surface area contributed by atoms with Crippen LogP contribution in [-0.4, -0.2) is 27.7 Å². The predicted octanol–water partition coefficient (Wildman–Crippen LogP) is 2.44. The number of aromatic nitrogens is 1. The van der Waals surface area contributed by atoms with E-state index >= 15 is 0 Å². The van der Waals surface area contributed by atoms with E-state index in [0.717, 1.165) is 0 Å². The second kappa shape index (κ2) is 6.25. The van der Waals surface area contributed by atoms with Crippen LogP contribution in [0.4, 0.5) is 0 Å². The number of amides is 1. The fourth-order valence-electron chi connectivity index (χ4n) is 1.76. The lowest BCUT2D eigenvalue weighted by Gasteiger charge is -2.25. The molecule has 0 unspecified atom stereocenters. The van der Waals surface area contributed by atoms with Gasteiger partial charge in [0.15, 0.2) is 0 Å². The van der Waals surface area contributed by atoms with Crippen molar-refractivity contribution in [2.45, 2.75) is 45.8 Å². The molecular formula is C13H21ClN2O2. The quantitative estimate of drug-likeness (QED) is 0.836. The Bertz CT molecular complexity index is 411. The molecule has 0 aliphatic rings. The highest BCUT2D eigenvalue weighted by Gasteiger charge is 2.23. The van der Waals surface area contributed by atoms with Gasteiger partial charge >= 0.3 is 0 Å². The minimum absolute atomic E-state index is 0.205. The van der Waals surface area contributed by atoms with Crippen molar-refractivity contribution < 1.29 is 9.90 Å². The fraction of sp³-hybridized carbons (Fsp3) is 0.615. The maximum Gasteiger partial charge on any atom is 0.268 e. The minimum atomic E-state index is -0.830. The Morgan fingerprint density at radius 3 is 2.56 bits per heavy atom. The molecule has 5 heteroatoms. The summed E-state index contributed by atoms with van der Waals surface area (Å²) in [5.41, 5.74) is -0.305. The Morgan fingerprint density at radius 2 is 2.06 bits per heavy atom. The number of nitrogens with one attached hydrogen (secondary N) is 1. The molecule has 0 radical (unpaired) electrons. The number of carbonyl (C=O) groups excluding carboxylic acids is 1. The Kier molecular flexibility index (Phi) is 5.23. The zero-order valence-electron chi connectivity index (χ0n) is 11.2. The molecular weight excluding hydrogens is 252 g/mol. The van der Waals surface area contributed by atoms with E-state index in [1.165, 1.54) is 0 Å². The molecule has 4 nitrogen and oxygen atoms in total. The fourth-order valence-corrected chi connectivity index (χ4v) is 1.98. The van der Waals surface area contributed by atoms with Crippen LogP contribution in [-0.2, 0) is 6.54 Å². The van der Waals surface area contributed by atoms with E-state index in [1.54, 1.807) is 16.8 Å². The van der Waals surface area contributed by atoms with E-state index < -0.39 is 5.60 Å². The van der Waals surface area contributed by atoms with Crippen molar-refractivity contribution in [3.05, 3.63) is 23.0 Å². The van der Waals surface area contributed by atoms with Crippen LogP contribution < -0.4 is 5.32 Å². The number of carbonyl (C=O) groups is 1. The van der Waals surface area contributed by atoms with Gasteiger partial charge in [-0.2, -0.15) is 0 Å². The van der Waals surface area contributed by atoms with Crippen molar-refractivity contribution in [1.29, 1.82) is 0 Å². The van der Waals surface area contributed by atoms with Gasteiger partial charge in [-0.25, -0.2) is 0 Å². The average molecular weight is 273 g/mol. The van der Waals surface area contributed by atoms with Gasteiger partial charge in [0.25, 0.3) is 5.91 Å². The van der Waals surface area contributed by atoms with Gasteiger partial charge in [0, 0.05) is 19.3 Å². The molecule has 102 valence electrons. The number of rotatable bonds is 6. The van der Waals surface area contributed by atoms with E-state index in [-0.39, 0.29) is 12.5 Å². The largest absolute Gasteiger partial charge is 0.388 e. The maximum absolute atomic E-state index is 12.0. The lowest BCUT2D eigenvalue weighted by molar-refractivity contribution is 0.0312. The molecule has 0 saturated heterocycles. The first-order valence-corrected chi connectivity index (χ1v) is 6.69. The van der Waals surface area contributed by atoms with Crippen molar-refractivity contribution in [3.8, 4) is 0 Å². The third-order valence-electron chi connectivity index (χ3n) is 3.33. The van der Waals surface area contributed by atoms with E-state index in [9.17, 15) is 9.90 Å². The molecule has 0 saturated carbocycles. The van der Waals surface area contributed by atoms with Crippen LogP contribution in [0.3, 0.4) is 0 Å². The summed E-state index contributed by atoms with van der Waals surface area (Å²) >= 11 is 5.88. The number of aliphatic hydroxyl groups is 1. The van der Waals surface area contributed by atoms with Gasteiger partial charge in [-0.15, -0.1) is 0 Å². The topological polar surface area (TPSA) is 54.3 Å². The highest BCUT2D eigenvalue weighted by atomic mass is 35.5. The smallest absolute Gasteiger partial charge is 0.268 e. The number of nitrogens with zero attached hydrogens (tertiary/aromatic N) is 1. The molecule has 0 spiro atoms. The summed E-state index contributed by atoms with van der Waals surface area (Å²) in [5.74, 6) is -0.205. The number of hydrogen-bond acceptors (Lipinski definition) is 2. The lowest BCUT2D eigenvalue weighted by atomic mass is 9.97. The third-order valence-corrected chi connectivity index (χ3v) is 3.54. The summed E-state index contributed by atoms with van der Waals surface area (Å²) in [6.07, 6.45) is 2.95. The minimum Gasteiger partial charge on any atom is -0.388 e. The molecule has 1 heterocycles. The summed E-state index contributed by atoms with van der Waals surface area (Å²) in [6, 6.07) is 1.64. The van der Waals surface area contributed by atoms with Gasteiger partial charge < -0.3 is 15.0 Å². The third kappa shape index (κ3) is 3.50. The van der Waals surface area contributed by atoms with E-state index in [4.69, 9.17) is 11.6 Å². The second-order valence-corrected chi connectivity index (χ2v) is 4.88. The molecule has 0 aliphatic carbocycles. The van der Waals surface area contributed by atoms with Crippen LogP contribution >= 0.6 is 11.6 Å². The lowest BCUT2D eigenvalue weighted by Crippen LogP contribution is -2.42. The van der Waals surface area contributed by atoms with Gasteiger partial charge in [-0.3, -0.25) is 4.79 Å². The van der Waals surface area contributed by atoms with Crippen LogP contribution in [0.5, 0.6) is 0 Å². The first-order chi connectivity index (χ1) is 8.45. The molecule has 1 aromatic rings. The molecule has 0 fully saturated rings. The van der Waals surface area contributed by atoms with Crippen LogP contribution in [0.2, 0.25) is 5.02 Å². The number of halogens is 1. The summed E-state index contributed by atoms with van der Waals surface area (Å²) < 4.78 is 1.79. The monoisotopic (exact) mass is 272 g/mol. The van der Waals surface area contributed by atoms with Gasteiger partial charge in [-0.1, -0.05) is 25.4 Å². The Hall–Kier alpha value is -1.00. The molecule has 0 aromatic carbocycles. The molecule has 1 aromatic heterocycles. The summed E-state index contributed by atoms with van der Waals surface area (Å²) in [6.45, 7) is 6.69. The first kappa shape index (κ1) is 15.1. The SMILES string of the molecule is CCn1cc(Cl)cc1C(=O)NCC(O)(CC)CC. The molecule has 18 heavy (non-hydrogen) atoms. The van der Waals surface area contributed by atoms with Crippen molar-refractivity contribution >= 4 is 17.5 Å². The van der Waals surface area contributed by atoms with Crippen LogP contribution in [0.1, 0.15) is 44.1 Å². The predicted molar refractivity (Wildman–Crippen MR) is 73.0 cm³/mol. The number of hydrogen-bond donors (Lipinski definition) is 2. The first-order valence-electron chi connectivity index (χ1n) is 6.32. The van der Waals surface area contributed by atoms with Gasteiger partial charge in [0.05, 0.1) is 10.6 Å². The summed E-state index contributed by atoms with van der Waals surface area (Å²) in [4.78, 5) is 12.0. The molecule has 0 atom stereocenters. The molecule has 0 bridgehead atoms. The van der Waals surface area contributed by atoms with E-state index in [1.807, 2.05) is 20.8 Å². The average Bonchev–Trinajstić information content (AvgIpc) is 2.76. The van der Waals surface area contributed by atoms with Crippen molar-refractivity contribution in [3.63, 3.8) is 0 Å². The standard InChI is InChI=1S/C13H21ClN2O2/c1-4-13(18,5-2)9-15-12(17)11-7-10(14)8-16(11)6-3/h7-8,18H,4-6,9H2,1-3H3,(H,15,17).